The summed E-state index contributed by atoms with van der Waals surface area (Å²) in [6.45, 7) is 1.59. The van der Waals surface area contributed by atoms with Crippen LogP contribution in [0.15, 0.2) is 0 Å². The Morgan fingerprint density at radius 1 is 0.422 bits per heavy atom. The van der Waals surface area contributed by atoms with Gasteiger partial charge in [0.1, 0.15) is 6.10 Å². The fourth-order valence-electron chi connectivity index (χ4n) is 12.3. The van der Waals surface area contributed by atoms with E-state index in [1.54, 1.807) is 6.92 Å². The molecule has 0 aromatic heterocycles. The third-order valence-corrected chi connectivity index (χ3v) is 14.1. The Labute approximate surface area is 280 Å². The molecule has 5 heterocycles. The SMILES string of the molecule is CC(=O)OC1CCCC2C3NC4NC(NC5NC(NC6NC(NC(N3)C12)C1CCCCC61)C1CCCCC51)C1CCCCC41.[Cr]. The molecule has 0 spiro atoms. The molecule has 9 fully saturated rings. The minimum Gasteiger partial charge on any atom is -0.462 e. The molecule has 17 atom stereocenters. The molecule has 252 valence electrons. The number of carbonyl (C=O) groups is 1. The molecule has 0 aromatic rings. The summed E-state index contributed by atoms with van der Waals surface area (Å²) in [6.07, 6.45) is 21.5. The van der Waals surface area contributed by atoms with Crippen LogP contribution in [-0.4, -0.2) is 61.4 Å². The molecular weight excluding hydrogens is 604 g/mol. The van der Waals surface area contributed by atoms with Crippen molar-refractivity contribution in [2.45, 2.75) is 159 Å². The number of ether oxygens (including phenoxy) is 1. The summed E-state index contributed by atoms with van der Waals surface area (Å²) in [6, 6.07) is 0. The predicted octanol–water partition coefficient (Wildman–Crippen LogP) is 2.14. The van der Waals surface area contributed by atoms with Gasteiger partial charge >= 0.3 is 5.97 Å². The van der Waals surface area contributed by atoms with Crippen LogP contribution in [0.2, 0.25) is 0 Å². The zero-order valence-corrected chi connectivity index (χ0v) is 28.4. The normalized spacial score (nSPS) is 53.8. The van der Waals surface area contributed by atoms with Crippen molar-refractivity contribution < 1.29 is 26.9 Å². The Hall–Kier alpha value is -0.318. The van der Waals surface area contributed by atoms with Crippen LogP contribution in [0, 0.1) is 47.3 Å². The number of carbonyl (C=O) groups excluding carboxylic acids is 1. The van der Waals surface area contributed by atoms with E-state index in [0.717, 1.165) is 12.8 Å². The third-order valence-electron chi connectivity index (χ3n) is 14.1. The maximum absolute atomic E-state index is 12.3. The van der Waals surface area contributed by atoms with Crippen LogP contribution in [0.25, 0.3) is 0 Å². The average Bonchev–Trinajstić information content (AvgIpc) is 3.77. The summed E-state index contributed by atoms with van der Waals surface area (Å²) in [7, 11) is 0. The molecular formula is C34H58CrN8O2. The number of hydrogen-bond donors (Lipinski definition) is 8. The van der Waals surface area contributed by atoms with Gasteiger partial charge in [0, 0.05) is 30.2 Å². The first-order valence-corrected chi connectivity index (χ1v) is 18.9. The number of esters is 1. The Kier molecular flexibility index (Phi) is 9.35. The molecule has 0 amide bonds. The molecule has 5 aliphatic heterocycles. The number of nitrogens with one attached hydrogen (secondary N) is 8. The summed E-state index contributed by atoms with van der Waals surface area (Å²) in [5.74, 6) is 4.55. The van der Waals surface area contributed by atoms with Gasteiger partial charge in [-0.15, -0.1) is 0 Å². The van der Waals surface area contributed by atoms with E-state index in [0.29, 0.717) is 72.3 Å². The van der Waals surface area contributed by atoms with Crippen molar-refractivity contribution in [2.24, 2.45) is 47.3 Å². The van der Waals surface area contributed by atoms with Gasteiger partial charge in [-0.05, 0) is 99.2 Å². The molecule has 8 N–H and O–H groups in total. The van der Waals surface area contributed by atoms with Gasteiger partial charge in [0.15, 0.2) is 0 Å². The Morgan fingerprint density at radius 2 is 0.711 bits per heavy atom. The van der Waals surface area contributed by atoms with Crippen LogP contribution in [0.5, 0.6) is 0 Å². The average molecular weight is 663 g/mol. The molecule has 5 saturated heterocycles. The quantitative estimate of drug-likeness (QED) is 0.198. The van der Waals surface area contributed by atoms with Crippen molar-refractivity contribution in [1.29, 1.82) is 0 Å². The zero-order valence-electron chi connectivity index (χ0n) is 27.1. The Morgan fingerprint density at radius 3 is 1.04 bits per heavy atom. The van der Waals surface area contributed by atoms with E-state index in [1.807, 2.05) is 0 Å². The van der Waals surface area contributed by atoms with Crippen molar-refractivity contribution in [2.75, 3.05) is 0 Å². The summed E-state index contributed by atoms with van der Waals surface area (Å²) in [5.41, 5.74) is 0. The van der Waals surface area contributed by atoms with E-state index >= 15 is 0 Å². The van der Waals surface area contributed by atoms with Gasteiger partial charge in [-0.1, -0.05) is 38.5 Å². The molecule has 17 unspecified atom stereocenters. The monoisotopic (exact) mass is 662 g/mol. The van der Waals surface area contributed by atoms with Gasteiger partial charge in [-0.3, -0.25) is 47.3 Å². The van der Waals surface area contributed by atoms with E-state index in [1.165, 1.54) is 83.5 Å². The van der Waals surface area contributed by atoms with E-state index in [2.05, 4.69) is 42.5 Å². The van der Waals surface area contributed by atoms with E-state index in [9.17, 15) is 4.79 Å². The first kappa shape index (κ1) is 31.9. The topological polar surface area (TPSA) is 123 Å². The maximum atomic E-state index is 12.3. The van der Waals surface area contributed by atoms with Crippen LogP contribution < -0.4 is 42.5 Å². The van der Waals surface area contributed by atoms with Crippen molar-refractivity contribution in [3.63, 3.8) is 0 Å². The van der Waals surface area contributed by atoms with Gasteiger partial charge < -0.3 is 4.74 Å². The standard InChI is InChI=1S/C34H58N8O2.Cr/c1-17(43)44-25-16-8-15-24-26(25)34-41-32-23-14-7-6-13-22(23)30(39-32)37-28-19-10-3-2-9-18(19)27(35-28)36-29-20-11-4-5-12-21(20)31(38-29)40-33(24)42-34;/h18-42H,2-16H2,1H3;. The van der Waals surface area contributed by atoms with Crippen LogP contribution in [-0.2, 0) is 26.9 Å². The summed E-state index contributed by atoms with van der Waals surface area (Å²) in [5, 5.41) is 33.4. The number of fused-ring (bicyclic) bond motifs is 20. The first-order chi connectivity index (χ1) is 21.6. The molecule has 0 radical (unpaired) electrons. The molecule has 9 rings (SSSR count). The molecule has 10 nitrogen and oxygen atoms in total. The zero-order chi connectivity index (χ0) is 29.4. The molecule has 4 saturated carbocycles. The third kappa shape index (κ3) is 5.77. The van der Waals surface area contributed by atoms with Crippen molar-refractivity contribution >= 4 is 5.97 Å². The smallest absolute Gasteiger partial charge is 0.302 e. The van der Waals surface area contributed by atoms with Crippen LogP contribution in [0.4, 0.5) is 0 Å². The molecule has 11 heteroatoms. The number of hydrogen-bond acceptors (Lipinski definition) is 10. The summed E-state index contributed by atoms with van der Waals surface area (Å²) in [4.78, 5) is 12.3. The van der Waals surface area contributed by atoms with Gasteiger partial charge in [-0.25, -0.2) is 0 Å². The molecule has 8 bridgehead atoms. The maximum Gasteiger partial charge on any atom is 0.302 e. The molecule has 45 heavy (non-hydrogen) atoms. The second-order valence-electron chi connectivity index (χ2n) is 16.3. The Balaban J connectivity index is 0.00000300. The number of rotatable bonds is 1. The fourth-order valence-corrected chi connectivity index (χ4v) is 12.3. The van der Waals surface area contributed by atoms with Crippen molar-refractivity contribution in [3.8, 4) is 0 Å². The second kappa shape index (κ2) is 13.2. The van der Waals surface area contributed by atoms with Gasteiger partial charge in [0.05, 0.1) is 49.3 Å². The van der Waals surface area contributed by atoms with E-state index in [-0.39, 0.29) is 53.8 Å². The summed E-state index contributed by atoms with van der Waals surface area (Å²) >= 11 is 0. The fraction of sp³-hybridized carbons (Fsp3) is 0.971. The van der Waals surface area contributed by atoms with Gasteiger partial charge in [0.2, 0.25) is 0 Å². The van der Waals surface area contributed by atoms with Crippen LogP contribution >= 0.6 is 0 Å². The minimum atomic E-state index is -0.139. The van der Waals surface area contributed by atoms with Crippen LogP contribution in [0.1, 0.15) is 103 Å². The van der Waals surface area contributed by atoms with Gasteiger partial charge in [-0.2, -0.15) is 0 Å². The van der Waals surface area contributed by atoms with Crippen LogP contribution in [0.3, 0.4) is 0 Å². The Bertz CT molecular complexity index is 1070. The minimum absolute atomic E-state index is 0. The second-order valence-corrected chi connectivity index (χ2v) is 16.3. The van der Waals surface area contributed by atoms with E-state index in [4.69, 9.17) is 4.74 Å². The molecule has 0 aromatic carbocycles. The van der Waals surface area contributed by atoms with E-state index < -0.39 is 0 Å². The molecule has 9 aliphatic rings. The molecule has 4 aliphatic carbocycles. The van der Waals surface area contributed by atoms with Crippen molar-refractivity contribution in [3.05, 3.63) is 0 Å². The van der Waals surface area contributed by atoms with Crippen molar-refractivity contribution in [1.82, 2.24) is 42.5 Å². The summed E-state index contributed by atoms with van der Waals surface area (Å²) < 4.78 is 6.08. The first-order valence-electron chi connectivity index (χ1n) is 18.9. The largest absolute Gasteiger partial charge is 0.462 e. The predicted molar refractivity (Wildman–Crippen MR) is 168 cm³/mol. The van der Waals surface area contributed by atoms with Gasteiger partial charge in [0.25, 0.3) is 0 Å².